The summed E-state index contributed by atoms with van der Waals surface area (Å²) in [6, 6.07) is 0.870. The number of amides is 1. The maximum absolute atomic E-state index is 12.6. The van der Waals surface area contributed by atoms with E-state index >= 15 is 0 Å². The molecule has 1 aliphatic heterocycles. The minimum Gasteiger partial charge on any atom is -0.444 e. The predicted molar refractivity (Wildman–Crippen MR) is 89.7 cm³/mol. The molecule has 1 aromatic rings. The first-order valence-corrected chi connectivity index (χ1v) is 9.82. The van der Waals surface area contributed by atoms with Crippen LogP contribution in [0.1, 0.15) is 40.0 Å². The van der Waals surface area contributed by atoms with E-state index in [9.17, 15) is 13.2 Å². The number of ether oxygens (including phenoxy) is 1. The molecule has 2 rings (SSSR count). The normalized spacial score (nSPS) is 19.2. The molecule has 7 nitrogen and oxygen atoms in total. The Bertz CT molecular complexity index is 703. The second-order valence-corrected chi connectivity index (χ2v) is 9.09. The van der Waals surface area contributed by atoms with Crippen molar-refractivity contribution < 1.29 is 17.9 Å². The number of hydrogen-bond acceptors (Lipinski definition) is 6. The van der Waals surface area contributed by atoms with Gasteiger partial charge in [-0.2, -0.15) is 0 Å². The van der Waals surface area contributed by atoms with E-state index in [-0.39, 0.29) is 16.1 Å². The Labute approximate surface area is 147 Å². The highest BCUT2D eigenvalue weighted by atomic mass is 35.5. The fraction of sp³-hybridized carbons (Fsp3) is 0.667. The summed E-state index contributed by atoms with van der Waals surface area (Å²) in [6.45, 7) is 5.83. The number of carbonyl (C=O) groups is 1. The summed E-state index contributed by atoms with van der Waals surface area (Å²) in [7, 11) is -3.68. The van der Waals surface area contributed by atoms with Gasteiger partial charge in [0.2, 0.25) is 5.28 Å². The Morgan fingerprint density at radius 1 is 1.42 bits per heavy atom. The molecular formula is C15H22ClN3O4S. The first-order valence-electron chi connectivity index (χ1n) is 7.79. The Hall–Kier alpha value is -1.41. The SMILES string of the molecule is CC(C)(C)OC(=O)N1CCCC[C@H]1CS(=O)(=O)c1ccnc(Cl)n1. The molecule has 0 spiro atoms. The van der Waals surface area contributed by atoms with E-state index in [2.05, 4.69) is 9.97 Å². The first kappa shape index (κ1) is 18.9. The van der Waals surface area contributed by atoms with E-state index in [0.717, 1.165) is 12.8 Å². The molecule has 0 aromatic carbocycles. The van der Waals surface area contributed by atoms with Crippen LogP contribution in [0, 0.1) is 0 Å². The summed E-state index contributed by atoms with van der Waals surface area (Å²) in [6.07, 6.45) is 3.12. The predicted octanol–water partition coefficient (Wildman–Crippen LogP) is 2.69. The number of carbonyl (C=O) groups excluding carboxylic acids is 1. The van der Waals surface area contributed by atoms with Gasteiger partial charge in [-0.05, 0) is 57.7 Å². The Kier molecular flexibility index (Phi) is 5.70. The molecule has 1 aliphatic rings. The van der Waals surface area contributed by atoms with Crippen LogP contribution in [0.15, 0.2) is 17.3 Å². The molecular weight excluding hydrogens is 354 g/mol. The van der Waals surface area contributed by atoms with Gasteiger partial charge >= 0.3 is 6.09 Å². The van der Waals surface area contributed by atoms with Crippen molar-refractivity contribution in [2.75, 3.05) is 12.3 Å². The molecule has 1 saturated heterocycles. The average Bonchev–Trinajstić information content (AvgIpc) is 2.45. The highest BCUT2D eigenvalue weighted by Crippen LogP contribution is 2.23. The Morgan fingerprint density at radius 3 is 2.75 bits per heavy atom. The molecule has 24 heavy (non-hydrogen) atoms. The number of rotatable bonds is 3. The second-order valence-electron chi connectivity index (χ2n) is 6.77. The van der Waals surface area contributed by atoms with E-state index in [0.29, 0.717) is 13.0 Å². The largest absolute Gasteiger partial charge is 0.444 e. The van der Waals surface area contributed by atoms with Gasteiger partial charge in [0.25, 0.3) is 0 Å². The van der Waals surface area contributed by atoms with Crippen LogP contribution in [-0.4, -0.2) is 53.3 Å². The van der Waals surface area contributed by atoms with Crippen LogP contribution in [0.2, 0.25) is 5.28 Å². The van der Waals surface area contributed by atoms with E-state index in [1.165, 1.54) is 17.2 Å². The summed E-state index contributed by atoms with van der Waals surface area (Å²) < 4.78 is 30.5. The van der Waals surface area contributed by atoms with Crippen LogP contribution in [0.25, 0.3) is 0 Å². The average molecular weight is 376 g/mol. The quantitative estimate of drug-likeness (QED) is 0.596. The van der Waals surface area contributed by atoms with Crippen molar-refractivity contribution in [3.8, 4) is 0 Å². The van der Waals surface area contributed by atoms with Gasteiger partial charge in [0.1, 0.15) is 5.60 Å². The van der Waals surface area contributed by atoms with Gasteiger partial charge in [0, 0.05) is 18.8 Å². The zero-order chi connectivity index (χ0) is 18.0. The third kappa shape index (κ3) is 5.04. The van der Waals surface area contributed by atoms with Crippen LogP contribution in [-0.2, 0) is 14.6 Å². The van der Waals surface area contributed by atoms with Gasteiger partial charge in [-0.3, -0.25) is 0 Å². The van der Waals surface area contributed by atoms with E-state index in [1.54, 1.807) is 20.8 Å². The van der Waals surface area contributed by atoms with Gasteiger partial charge in [-0.15, -0.1) is 0 Å². The van der Waals surface area contributed by atoms with E-state index in [4.69, 9.17) is 16.3 Å². The molecule has 0 aliphatic carbocycles. The summed E-state index contributed by atoms with van der Waals surface area (Å²) in [5.74, 6) is -0.209. The minimum atomic E-state index is -3.68. The molecule has 0 bridgehead atoms. The molecule has 0 N–H and O–H groups in total. The number of hydrogen-bond donors (Lipinski definition) is 0. The lowest BCUT2D eigenvalue weighted by Gasteiger charge is -2.36. The molecule has 0 saturated carbocycles. The van der Waals surface area contributed by atoms with Crippen LogP contribution >= 0.6 is 11.6 Å². The van der Waals surface area contributed by atoms with Crippen molar-refractivity contribution in [1.29, 1.82) is 0 Å². The summed E-state index contributed by atoms with van der Waals surface area (Å²) in [5, 5.41) is -0.249. The molecule has 2 heterocycles. The van der Waals surface area contributed by atoms with Crippen molar-refractivity contribution >= 4 is 27.5 Å². The lowest BCUT2D eigenvalue weighted by atomic mass is 10.0. The van der Waals surface area contributed by atoms with Crippen molar-refractivity contribution in [3.63, 3.8) is 0 Å². The Balaban J connectivity index is 2.17. The van der Waals surface area contributed by atoms with Gasteiger partial charge in [0.05, 0.1) is 5.75 Å². The number of halogens is 1. The maximum atomic E-state index is 12.6. The summed E-state index contributed by atoms with van der Waals surface area (Å²) in [4.78, 5) is 21.3. The third-order valence-electron chi connectivity index (χ3n) is 3.59. The fourth-order valence-electron chi connectivity index (χ4n) is 2.57. The van der Waals surface area contributed by atoms with Crippen molar-refractivity contribution in [3.05, 3.63) is 17.5 Å². The highest BCUT2D eigenvalue weighted by molar-refractivity contribution is 7.91. The number of nitrogens with zero attached hydrogens (tertiary/aromatic N) is 3. The van der Waals surface area contributed by atoms with Gasteiger partial charge < -0.3 is 9.64 Å². The van der Waals surface area contributed by atoms with Gasteiger partial charge in [0.15, 0.2) is 14.9 Å². The minimum absolute atomic E-state index is 0.122. The molecule has 0 unspecified atom stereocenters. The number of sulfone groups is 1. The topological polar surface area (TPSA) is 89.5 Å². The van der Waals surface area contributed by atoms with Crippen LogP contribution in [0.4, 0.5) is 4.79 Å². The van der Waals surface area contributed by atoms with E-state index in [1.807, 2.05) is 0 Å². The first-order chi connectivity index (χ1) is 11.1. The van der Waals surface area contributed by atoms with Gasteiger partial charge in [-0.25, -0.2) is 23.2 Å². The number of piperidine rings is 1. The van der Waals surface area contributed by atoms with Crippen LogP contribution in [0.5, 0.6) is 0 Å². The fourth-order valence-corrected chi connectivity index (χ4v) is 4.28. The van der Waals surface area contributed by atoms with Crippen molar-refractivity contribution in [1.82, 2.24) is 14.9 Å². The summed E-state index contributed by atoms with van der Waals surface area (Å²) in [5.41, 5.74) is -0.627. The second kappa shape index (κ2) is 7.23. The Morgan fingerprint density at radius 2 is 2.12 bits per heavy atom. The monoisotopic (exact) mass is 375 g/mol. The molecule has 1 aromatic heterocycles. The number of likely N-dealkylation sites (tertiary alicyclic amines) is 1. The van der Waals surface area contributed by atoms with Gasteiger partial charge in [-0.1, -0.05) is 0 Å². The molecule has 134 valence electrons. The molecule has 1 amide bonds. The molecule has 0 radical (unpaired) electrons. The van der Waals surface area contributed by atoms with Crippen LogP contribution < -0.4 is 0 Å². The van der Waals surface area contributed by atoms with E-state index < -0.39 is 27.6 Å². The van der Waals surface area contributed by atoms with Crippen LogP contribution in [0.3, 0.4) is 0 Å². The summed E-state index contributed by atoms with van der Waals surface area (Å²) >= 11 is 5.67. The smallest absolute Gasteiger partial charge is 0.410 e. The zero-order valence-electron chi connectivity index (χ0n) is 14.0. The lowest BCUT2D eigenvalue weighted by Crippen LogP contribution is -2.49. The number of aromatic nitrogens is 2. The third-order valence-corrected chi connectivity index (χ3v) is 5.46. The highest BCUT2D eigenvalue weighted by Gasteiger charge is 2.34. The maximum Gasteiger partial charge on any atom is 0.410 e. The van der Waals surface area contributed by atoms with Crippen molar-refractivity contribution in [2.45, 2.75) is 56.7 Å². The molecule has 1 fully saturated rings. The standard InChI is InChI=1S/C15H22ClN3O4S/c1-15(2,3)23-14(20)19-9-5-4-6-11(19)10-24(21,22)12-7-8-17-13(16)18-12/h7-8,11H,4-6,9-10H2,1-3H3/t11-/m0/s1. The molecule has 1 atom stereocenters. The zero-order valence-corrected chi connectivity index (χ0v) is 15.6. The lowest BCUT2D eigenvalue weighted by molar-refractivity contribution is 0.0124. The molecule has 9 heteroatoms. The van der Waals surface area contributed by atoms with Crippen molar-refractivity contribution in [2.24, 2.45) is 0 Å².